The van der Waals surface area contributed by atoms with E-state index in [1.807, 2.05) is 26.0 Å². The highest BCUT2D eigenvalue weighted by atomic mass is 32.2. The van der Waals surface area contributed by atoms with Crippen LogP contribution in [-0.4, -0.2) is 27.5 Å². The van der Waals surface area contributed by atoms with Crippen LogP contribution in [0.15, 0.2) is 35.2 Å². The van der Waals surface area contributed by atoms with Crippen LogP contribution in [0.2, 0.25) is 0 Å². The van der Waals surface area contributed by atoms with Gasteiger partial charge in [0.1, 0.15) is 12.4 Å². The van der Waals surface area contributed by atoms with E-state index in [4.69, 9.17) is 9.88 Å². The third kappa shape index (κ3) is 4.83. The van der Waals surface area contributed by atoms with E-state index in [0.717, 1.165) is 11.1 Å². The van der Waals surface area contributed by atoms with Gasteiger partial charge in [-0.05, 0) is 74.2 Å². The highest BCUT2D eigenvalue weighted by Crippen LogP contribution is 2.25. The Kier molecular flexibility index (Phi) is 6.05. The second-order valence-electron chi connectivity index (χ2n) is 6.33. The summed E-state index contributed by atoms with van der Waals surface area (Å²) in [5.41, 5.74) is 4.00. The molecule has 3 N–H and O–H groups in total. The fraction of sp³-hybridized carbons (Fsp3) is 0.316. The lowest BCUT2D eigenvalue weighted by Gasteiger charge is -2.13. The summed E-state index contributed by atoms with van der Waals surface area (Å²) in [5.74, 6) is 0.407. The molecule has 2 rings (SSSR count). The lowest BCUT2D eigenvalue weighted by atomic mass is 10.1. The Morgan fingerprint density at radius 2 is 1.69 bits per heavy atom. The van der Waals surface area contributed by atoms with Gasteiger partial charge in [-0.15, -0.1) is 0 Å². The highest BCUT2D eigenvalue weighted by molar-refractivity contribution is 7.89. The fourth-order valence-corrected chi connectivity index (χ4v) is 3.38. The van der Waals surface area contributed by atoms with E-state index in [0.29, 0.717) is 29.0 Å². The minimum atomic E-state index is -3.76. The average Bonchev–Trinajstić information content (AvgIpc) is 2.55. The third-order valence-corrected chi connectivity index (χ3v) is 5.25. The van der Waals surface area contributed by atoms with Gasteiger partial charge in [0.15, 0.2) is 0 Å². The molecule has 0 aromatic heterocycles. The van der Waals surface area contributed by atoms with E-state index in [9.17, 15) is 13.2 Å². The molecule has 0 unspecified atom stereocenters. The maximum Gasteiger partial charge on any atom is 0.251 e. The number of hydrogen-bond acceptors (Lipinski definition) is 4. The minimum Gasteiger partial charge on any atom is -0.491 e. The van der Waals surface area contributed by atoms with Crippen molar-refractivity contribution in [1.82, 2.24) is 5.32 Å². The summed E-state index contributed by atoms with van der Waals surface area (Å²) in [7, 11) is -3.76. The first-order valence-corrected chi connectivity index (χ1v) is 9.76. The first-order valence-electron chi connectivity index (χ1n) is 8.22. The summed E-state index contributed by atoms with van der Waals surface area (Å²) in [6, 6.07) is 8.69. The summed E-state index contributed by atoms with van der Waals surface area (Å²) < 4.78 is 28.7. The molecule has 0 spiro atoms. The van der Waals surface area contributed by atoms with Crippen LogP contribution in [0.25, 0.3) is 0 Å². The Bertz CT molecular complexity index is 937. The van der Waals surface area contributed by atoms with Crippen LogP contribution in [0.3, 0.4) is 0 Å². The maximum absolute atomic E-state index is 12.1. The molecule has 0 saturated carbocycles. The van der Waals surface area contributed by atoms with E-state index >= 15 is 0 Å². The zero-order chi connectivity index (χ0) is 19.5. The summed E-state index contributed by atoms with van der Waals surface area (Å²) in [5, 5.41) is 8.00. The van der Waals surface area contributed by atoms with Crippen molar-refractivity contribution < 1.29 is 17.9 Å². The van der Waals surface area contributed by atoms with Gasteiger partial charge in [-0.3, -0.25) is 4.79 Å². The third-order valence-electron chi connectivity index (χ3n) is 4.19. The van der Waals surface area contributed by atoms with Crippen molar-refractivity contribution in [3.63, 3.8) is 0 Å². The molecule has 0 radical (unpaired) electrons. The van der Waals surface area contributed by atoms with Crippen molar-refractivity contribution in [2.75, 3.05) is 13.2 Å². The second-order valence-corrected chi connectivity index (χ2v) is 7.86. The number of sulfonamides is 1. The number of nitrogens with one attached hydrogen (secondary N) is 1. The van der Waals surface area contributed by atoms with Gasteiger partial charge in [-0.25, -0.2) is 13.6 Å². The normalized spacial score (nSPS) is 11.3. The molecular formula is C19H24N2O4S. The molecule has 140 valence electrons. The van der Waals surface area contributed by atoms with Crippen molar-refractivity contribution >= 4 is 15.9 Å². The second kappa shape index (κ2) is 7.88. The number of amides is 1. The standard InChI is InChI=1S/C19H24N2O4S/c1-12-5-6-16(9-13(12)2)19(22)21-7-8-25-17-10-15(4)18(11-14(17)3)26(20,23)24/h5-6,9-11H,7-8H2,1-4H3,(H,21,22)(H2,20,23,24). The molecule has 0 aliphatic carbocycles. The topological polar surface area (TPSA) is 98.5 Å². The van der Waals surface area contributed by atoms with Gasteiger partial charge in [0.05, 0.1) is 11.4 Å². The maximum atomic E-state index is 12.1. The first-order chi connectivity index (χ1) is 12.1. The number of ether oxygens (including phenoxy) is 1. The molecule has 0 atom stereocenters. The predicted molar refractivity (Wildman–Crippen MR) is 101 cm³/mol. The van der Waals surface area contributed by atoms with Crippen molar-refractivity contribution in [2.45, 2.75) is 32.6 Å². The Hall–Kier alpha value is -2.38. The van der Waals surface area contributed by atoms with Gasteiger partial charge >= 0.3 is 0 Å². The zero-order valence-corrected chi connectivity index (χ0v) is 16.2. The first kappa shape index (κ1) is 19.9. The van der Waals surface area contributed by atoms with Gasteiger partial charge in [-0.2, -0.15) is 0 Å². The monoisotopic (exact) mass is 376 g/mol. The number of rotatable bonds is 6. The molecule has 0 bridgehead atoms. The van der Waals surface area contributed by atoms with Gasteiger partial charge in [0.25, 0.3) is 5.91 Å². The summed E-state index contributed by atoms with van der Waals surface area (Å²) in [6.07, 6.45) is 0. The highest BCUT2D eigenvalue weighted by Gasteiger charge is 2.14. The SMILES string of the molecule is Cc1ccc(C(=O)NCCOc2cc(C)c(S(N)(=O)=O)cc2C)cc1C. The van der Waals surface area contributed by atoms with Gasteiger partial charge in [-0.1, -0.05) is 6.07 Å². The molecule has 2 aromatic rings. The van der Waals surface area contributed by atoms with Crippen molar-refractivity contribution in [3.05, 3.63) is 58.1 Å². The Balaban J connectivity index is 1.95. The quantitative estimate of drug-likeness (QED) is 0.756. The molecule has 0 heterocycles. The number of carbonyl (C=O) groups excluding carboxylic acids is 1. The molecule has 1 amide bonds. The average molecular weight is 376 g/mol. The number of hydrogen-bond donors (Lipinski definition) is 2. The van der Waals surface area contributed by atoms with Crippen LogP contribution < -0.4 is 15.2 Å². The number of carbonyl (C=O) groups is 1. The molecule has 0 saturated heterocycles. The molecule has 26 heavy (non-hydrogen) atoms. The number of aryl methyl sites for hydroxylation is 4. The molecule has 0 aliphatic heterocycles. The van der Waals surface area contributed by atoms with Crippen molar-refractivity contribution in [2.24, 2.45) is 5.14 Å². The Morgan fingerprint density at radius 1 is 1.00 bits per heavy atom. The van der Waals surface area contributed by atoms with E-state index in [1.54, 1.807) is 26.0 Å². The molecular weight excluding hydrogens is 352 g/mol. The largest absolute Gasteiger partial charge is 0.491 e. The molecule has 7 heteroatoms. The Labute approximate surface area is 154 Å². The number of benzene rings is 2. The van der Waals surface area contributed by atoms with E-state index in [-0.39, 0.29) is 17.4 Å². The van der Waals surface area contributed by atoms with Crippen LogP contribution in [0.1, 0.15) is 32.6 Å². The van der Waals surface area contributed by atoms with Crippen LogP contribution in [0.5, 0.6) is 5.75 Å². The smallest absolute Gasteiger partial charge is 0.251 e. The van der Waals surface area contributed by atoms with Crippen molar-refractivity contribution in [3.8, 4) is 5.75 Å². The van der Waals surface area contributed by atoms with E-state index < -0.39 is 10.0 Å². The van der Waals surface area contributed by atoms with Gasteiger partial charge in [0, 0.05) is 5.56 Å². The molecule has 6 nitrogen and oxygen atoms in total. The van der Waals surface area contributed by atoms with Gasteiger partial charge < -0.3 is 10.1 Å². The molecule has 0 fully saturated rings. The lowest BCUT2D eigenvalue weighted by Crippen LogP contribution is -2.28. The minimum absolute atomic E-state index is 0.0883. The molecule has 0 aliphatic rings. The molecule has 2 aromatic carbocycles. The zero-order valence-electron chi connectivity index (χ0n) is 15.4. The summed E-state index contributed by atoms with van der Waals surface area (Å²) >= 11 is 0. The van der Waals surface area contributed by atoms with Gasteiger partial charge in [0.2, 0.25) is 10.0 Å². The number of nitrogens with two attached hydrogens (primary N) is 1. The predicted octanol–water partition coefficient (Wildman–Crippen LogP) is 2.38. The van der Waals surface area contributed by atoms with E-state index in [1.165, 1.54) is 6.07 Å². The van der Waals surface area contributed by atoms with Crippen molar-refractivity contribution in [1.29, 1.82) is 0 Å². The van der Waals surface area contributed by atoms with Crippen LogP contribution in [-0.2, 0) is 10.0 Å². The van der Waals surface area contributed by atoms with Crippen LogP contribution in [0.4, 0.5) is 0 Å². The fourth-order valence-electron chi connectivity index (χ4n) is 2.54. The lowest BCUT2D eigenvalue weighted by molar-refractivity contribution is 0.0947. The number of primary sulfonamides is 1. The Morgan fingerprint density at radius 3 is 2.31 bits per heavy atom. The van der Waals surface area contributed by atoms with Crippen LogP contribution in [0, 0.1) is 27.7 Å². The van der Waals surface area contributed by atoms with E-state index in [2.05, 4.69) is 5.32 Å². The van der Waals surface area contributed by atoms with Crippen LogP contribution >= 0.6 is 0 Å². The summed E-state index contributed by atoms with van der Waals surface area (Å²) in [4.78, 5) is 12.2. The summed E-state index contributed by atoms with van der Waals surface area (Å²) in [6.45, 7) is 7.97.